The minimum Gasteiger partial charge on any atom is -0.591 e. The fourth-order valence-corrected chi connectivity index (χ4v) is 2.63. The van der Waals surface area contributed by atoms with E-state index in [1.165, 1.54) is 13.2 Å². The molecule has 0 spiro atoms. The number of ether oxygens (including phenoxy) is 1. The summed E-state index contributed by atoms with van der Waals surface area (Å²) < 4.78 is 60.4. The lowest BCUT2D eigenvalue weighted by molar-refractivity contribution is -0.0578. The summed E-state index contributed by atoms with van der Waals surface area (Å²) in [6, 6.07) is 6.42. The van der Waals surface area contributed by atoms with Crippen molar-refractivity contribution < 1.29 is 22.5 Å². The Hall–Kier alpha value is -1.80. The van der Waals surface area contributed by atoms with Crippen molar-refractivity contribution in [1.82, 2.24) is 4.98 Å². The SMILES string of the molecule is COc1ncc(/C(=N\[S+]([O-])C(C)(C)C)C(F)(F)F)c2ccccc12. The molecular formula is C16H17F3N2O2S. The molecular weight excluding hydrogens is 341 g/mol. The number of benzene rings is 1. The van der Waals surface area contributed by atoms with Crippen molar-refractivity contribution in [3.05, 3.63) is 36.0 Å². The Kier molecular flexibility index (Phi) is 5.10. The summed E-state index contributed by atoms with van der Waals surface area (Å²) in [5, 5.41) is 0.710. The predicted molar refractivity (Wildman–Crippen MR) is 88.8 cm³/mol. The largest absolute Gasteiger partial charge is 0.591 e. The van der Waals surface area contributed by atoms with E-state index in [2.05, 4.69) is 9.38 Å². The number of alkyl halides is 3. The summed E-state index contributed by atoms with van der Waals surface area (Å²) in [5.74, 6) is 0.216. The van der Waals surface area contributed by atoms with Gasteiger partial charge in [0, 0.05) is 17.1 Å². The molecule has 1 unspecified atom stereocenters. The van der Waals surface area contributed by atoms with Gasteiger partial charge in [-0.1, -0.05) is 22.6 Å². The fraction of sp³-hybridized carbons (Fsp3) is 0.375. The van der Waals surface area contributed by atoms with Gasteiger partial charge in [-0.2, -0.15) is 13.2 Å². The van der Waals surface area contributed by atoms with Crippen molar-refractivity contribution in [3.63, 3.8) is 0 Å². The van der Waals surface area contributed by atoms with Gasteiger partial charge < -0.3 is 9.29 Å². The molecule has 0 aliphatic heterocycles. The quantitative estimate of drug-likeness (QED) is 0.614. The average Bonchev–Trinajstić information content (AvgIpc) is 2.49. The number of aromatic nitrogens is 1. The first-order valence-corrected chi connectivity index (χ1v) is 8.16. The molecule has 0 saturated heterocycles. The zero-order valence-corrected chi connectivity index (χ0v) is 14.5. The van der Waals surface area contributed by atoms with Crippen molar-refractivity contribution in [3.8, 4) is 5.88 Å². The first-order valence-electron chi connectivity index (χ1n) is 7.05. The lowest BCUT2D eigenvalue weighted by Crippen LogP contribution is -2.31. The van der Waals surface area contributed by atoms with E-state index < -0.39 is 28.0 Å². The summed E-state index contributed by atoms with van der Waals surface area (Å²) in [6.07, 6.45) is -3.71. The Bertz CT molecular complexity index is 770. The Morgan fingerprint density at radius 1 is 1.17 bits per heavy atom. The maximum atomic E-state index is 13.5. The number of fused-ring (bicyclic) bond motifs is 1. The highest BCUT2D eigenvalue weighted by molar-refractivity contribution is 7.91. The molecule has 8 heteroatoms. The van der Waals surface area contributed by atoms with Crippen molar-refractivity contribution in [2.75, 3.05) is 7.11 Å². The lowest BCUT2D eigenvalue weighted by Gasteiger charge is -2.20. The van der Waals surface area contributed by atoms with Crippen LogP contribution in [0.2, 0.25) is 0 Å². The van der Waals surface area contributed by atoms with Gasteiger partial charge in [0.05, 0.1) is 7.11 Å². The molecule has 0 saturated carbocycles. The van der Waals surface area contributed by atoms with E-state index in [-0.39, 0.29) is 16.8 Å². The number of nitrogens with zero attached hydrogens (tertiary/aromatic N) is 2. The highest BCUT2D eigenvalue weighted by Crippen LogP contribution is 2.32. The summed E-state index contributed by atoms with van der Waals surface area (Å²) in [5.41, 5.74) is -1.43. The van der Waals surface area contributed by atoms with Gasteiger partial charge in [0.15, 0.2) is 0 Å². The standard InChI is InChI=1S/C16H17F3N2O2S/c1-15(2,3)24(22)21-13(16(17,18)19)12-9-20-14(23-4)11-8-6-5-7-10(11)12/h5-9H,1-4H3/b21-13+. The maximum Gasteiger partial charge on any atom is 0.438 e. The summed E-state index contributed by atoms with van der Waals surface area (Å²) in [4.78, 5) is 3.93. The van der Waals surface area contributed by atoms with Crippen LogP contribution in [0.15, 0.2) is 34.9 Å². The lowest BCUT2D eigenvalue weighted by atomic mass is 10.0. The van der Waals surface area contributed by atoms with Gasteiger partial charge >= 0.3 is 6.18 Å². The number of pyridine rings is 1. The third kappa shape index (κ3) is 3.81. The first kappa shape index (κ1) is 18.5. The molecule has 1 atom stereocenters. The summed E-state index contributed by atoms with van der Waals surface area (Å²) >= 11 is -2.06. The minimum atomic E-state index is -4.76. The zero-order chi connectivity index (χ0) is 18.1. The van der Waals surface area contributed by atoms with E-state index in [0.29, 0.717) is 5.39 Å². The van der Waals surface area contributed by atoms with Crippen LogP contribution in [0.4, 0.5) is 13.2 Å². The summed E-state index contributed by atoms with van der Waals surface area (Å²) in [6.45, 7) is 4.68. The van der Waals surface area contributed by atoms with Gasteiger partial charge in [0.2, 0.25) is 11.6 Å². The van der Waals surface area contributed by atoms with Crippen LogP contribution >= 0.6 is 0 Å². The van der Waals surface area contributed by atoms with Crippen LogP contribution in [0, 0.1) is 0 Å². The van der Waals surface area contributed by atoms with Crippen LogP contribution < -0.4 is 4.74 Å². The molecule has 0 amide bonds. The van der Waals surface area contributed by atoms with E-state index >= 15 is 0 Å². The third-order valence-corrected chi connectivity index (χ3v) is 4.57. The van der Waals surface area contributed by atoms with Crippen LogP contribution in [-0.4, -0.2) is 33.3 Å². The van der Waals surface area contributed by atoms with Gasteiger partial charge in [-0.25, -0.2) is 4.98 Å². The topological polar surface area (TPSA) is 57.5 Å². The molecule has 0 N–H and O–H groups in total. The average molecular weight is 358 g/mol. The molecule has 0 aliphatic carbocycles. The number of hydrogen-bond acceptors (Lipinski definition) is 4. The highest BCUT2D eigenvalue weighted by atomic mass is 32.2. The van der Waals surface area contributed by atoms with Crippen molar-refractivity contribution in [1.29, 1.82) is 0 Å². The van der Waals surface area contributed by atoms with E-state index in [1.807, 2.05) is 0 Å². The number of hydrogen-bond donors (Lipinski definition) is 0. The van der Waals surface area contributed by atoms with Crippen molar-refractivity contribution in [2.24, 2.45) is 4.40 Å². The molecule has 4 nitrogen and oxygen atoms in total. The molecule has 1 heterocycles. The zero-order valence-electron chi connectivity index (χ0n) is 13.6. The van der Waals surface area contributed by atoms with E-state index in [4.69, 9.17) is 4.74 Å². The molecule has 0 fully saturated rings. The van der Waals surface area contributed by atoms with Crippen molar-refractivity contribution in [2.45, 2.75) is 31.7 Å². The van der Waals surface area contributed by atoms with Crippen LogP contribution in [0.5, 0.6) is 5.88 Å². The second kappa shape index (κ2) is 6.60. The Balaban J connectivity index is 2.73. The molecule has 2 rings (SSSR count). The Labute approximate surface area is 141 Å². The van der Waals surface area contributed by atoms with Crippen LogP contribution in [-0.2, 0) is 11.4 Å². The van der Waals surface area contributed by atoms with E-state index in [9.17, 15) is 17.7 Å². The minimum absolute atomic E-state index is 0.216. The van der Waals surface area contributed by atoms with Crippen LogP contribution in [0.25, 0.3) is 10.8 Å². The first-order chi connectivity index (χ1) is 11.1. The van der Waals surface area contributed by atoms with Crippen LogP contribution in [0.1, 0.15) is 26.3 Å². The highest BCUT2D eigenvalue weighted by Gasteiger charge is 2.42. The molecule has 0 bridgehead atoms. The third-order valence-electron chi connectivity index (χ3n) is 3.17. The molecule has 130 valence electrons. The number of rotatable bonds is 3. The van der Waals surface area contributed by atoms with E-state index in [1.54, 1.807) is 39.0 Å². The number of methoxy groups -OCH3 is 1. The summed E-state index contributed by atoms with van der Waals surface area (Å²) in [7, 11) is 1.39. The van der Waals surface area contributed by atoms with Crippen LogP contribution in [0.3, 0.4) is 0 Å². The molecule has 0 radical (unpaired) electrons. The number of halogens is 3. The molecule has 0 aliphatic rings. The molecule has 1 aromatic heterocycles. The normalized spacial score (nSPS) is 14.8. The second-order valence-corrected chi connectivity index (χ2v) is 7.93. The smallest absolute Gasteiger partial charge is 0.438 e. The van der Waals surface area contributed by atoms with Gasteiger partial charge in [-0.05, 0) is 32.2 Å². The van der Waals surface area contributed by atoms with Gasteiger partial charge in [-0.15, -0.1) is 0 Å². The van der Waals surface area contributed by atoms with Gasteiger partial charge in [0.25, 0.3) is 0 Å². The molecule has 24 heavy (non-hydrogen) atoms. The second-order valence-electron chi connectivity index (χ2n) is 6.03. The van der Waals surface area contributed by atoms with Crippen molar-refractivity contribution >= 4 is 27.8 Å². The van der Waals surface area contributed by atoms with E-state index in [0.717, 1.165) is 6.20 Å². The maximum absolute atomic E-state index is 13.5. The Morgan fingerprint density at radius 2 is 1.75 bits per heavy atom. The predicted octanol–water partition coefficient (Wildman–Crippen LogP) is 4.06. The Morgan fingerprint density at radius 3 is 2.25 bits per heavy atom. The monoisotopic (exact) mass is 358 g/mol. The molecule has 2 aromatic rings. The van der Waals surface area contributed by atoms with Gasteiger partial charge in [-0.3, -0.25) is 0 Å². The molecule has 1 aromatic carbocycles. The van der Waals surface area contributed by atoms with Gasteiger partial charge in [0.1, 0.15) is 16.1 Å². The fourth-order valence-electron chi connectivity index (χ4n) is 1.99.